The number of imidazole rings is 1. The monoisotopic (exact) mass is 244 g/mol. The third-order valence-electron chi connectivity index (χ3n) is 2.31. The highest BCUT2D eigenvalue weighted by atomic mass is 32.2. The first kappa shape index (κ1) is 11.7. The van der Waals surface area contributed by atoms with E-state index in [-0.39, 0.29) is 0 Å². The van der Waals surface area contributed by atoms with Crippen LogP contribution in [-0.4, -0.2) is 15.8 Å². The van der Waals surface area contributed by atoms with E-state index in [1.807, 2.05) is 18.2 Å². The number of aromatic nitrogens is 2. The lowest BCUT2D eigenvalue weighted by atomic mass is 10.2. The molecule has 0 bridgehead atoms. The molecule has 0 fully saturated rings. The van der Waals surface area contributed by atoms with E-state index in [0.717, 1.165) is 17.1 Å². The van der Waals surface area contributed by atoms with Gasteiger partial charge in [-0.2, -0.15) is 0 Å². The van der Waals surface area contributed by atoms with Crippen LogP contribution in [0.2, 0.25) is 0 Å². The number of benzene rings is 1. The van der Waals surface area contributed by atoms with Crippen LogP contribution in [0.3, 0.4) is 0 Å². The maximum absolute atomic E-state index is 10.7. The minimum Gasteiger partial charge on any atom is -0.294 e. The zero-order valence-electron chi connectivity index (χ0n) is 9.24. The number of aldehydes is 1. The summed E-state index contributed by atoms with van der Waals surface area (Å²) in [5, 5.41) is 0.922. The second-order valence-corrected chi connectivity index (χ2v) is 4.39. The molecule has 0 aliphatic rings. The van der Waals surface area contributed by atoms with E-state index in [0.29, 0.717) is 5.82 Å². The quantitative estimate of drug-likeness (QED) is 0.599. The number of carbonyl (C=O) groups excluding carboxylic acids is 1. The van der Waals surface area contributed by atoms with Gasteiger partial charge in [0, 0.05) is 12.0 Å². The zero-order valence-corrected chi connectivity index (χ0v) is 10.1. The number of hydrogen-bond donors (Lipinski definition) is 0. The molecule has 0 aliphatic carbocycles. The molecule has 1 aromatic carbocycles. The fourth-order valence-electron chi connectivity index (χ4n) is 1.47. The van der Waals surface area contributed by atoms with Crippen molar-refractivity contribution in [1.82, 2.24) is 9.55 Å². The number of thioether (sulfide) groups is 1. The second kappa shape index (κ2) is 5.50. The minimum absolute atomic E-state index is 0.385. The predicted octanol–water partition coefficient (Wildman–Crippen LogP) is 3.09. The third kappa shape index (κ3) is 2.65. The molecule has 0 N–H and O–H groups in total. The van der Waals surface area contributed by atoms with Gasteiger partial charge in [0.25, 0.3) is 0 Å². The minimum atomic E-state index is 0.385. The van der Waals surface area contributed by atoms with Gasteiger partial charge < -0.3 is 0 Å². The van der Waals surface area contributed by atoms with Crippen molar-refractivity contribution in [1.29, 1.82) is 0 Å². The first-order chi connectivity index (χ1) is 8.35. The third-order valence-corrected chi connectivity index (χ3v) is 3.38. The van der Waals surface area contributed by atoms with Crippen molar-refractivity contribution >= 4 is 24.2 Å². The van der Waals surface area contributed by atoms with Crippen molar-refractivity contribution in [2.24, 2.45) is 0 Å². The fourth-order valence-corrected chi connectivity index (χ4v) is 2.41. The van der Waals surface area contributed by atoms with Crippen LogP contribution in [0.15, 0.2) is 48.1 Å². The van der Waals surface area contributed by atoms with Gasteiger partial charge in [0.2, 0.25) is 0 Å². The summed E-state index contributed by atoms with van der Waals surface area (Å²) in [5.74, 6) is 1.23. The highest BCUT2D eigenvalue weighted by molar-refractivity contribution is 7.98. The standard InChI is InChI=1S/C13H12N2OS/c1-2-15-12(9-16)14-8-13(15)17-10-11-6-4-3-5-7-11/h2-9H,1,10H2. The highest BCUT2D eigenvalue weighted by Crippen LogP contribution is 2.23. The molecule has 0 spiro atoms. The van der Waals surface area contributed by atoms with Crippen LogP contribution in [-0.2, 0) is 5.75 Å². The molecule has 2 rings (SSSR count). The summed E-state index contributed by atoms with van der Waals surface area (Å²) >= 11 is 1.63. The molecule has 0 amide bonds. The van der Waals surface area contributed by atoms with Crippen molar-refractivity contribution in [3.63, 3.8) is 0 Å². The van der Waals surface area contributed by atoms with Gasteiger partial charge in [-0.3, -0.25) is 9.36 Å². The first-order valence-corrected chi connectivity index (χ1v) is 6.15. The SMILES string of the molecule is C=Cn1c(SCc2ccccc2)cnc1C=O. The number of nitrogens with zero attached hydrogens (tertiary/aromatic N) is 2. The van der Waals surface area contributed by atoms with Crippen LogP contribution in [0.1, 0.15) is 16.2 Å². The van der Waals surface area contributed by atoms with Crippen molar-refractivity contribution in [2.75, 3.05) is 0 Å². The second-order valence-electron chi connectivity index (χ2n) is 3.40. The van der Waals surface area contributed by atoms with Gasteiger partial charge >= 0.3 is 0 Å². The van der Waals surface area contributed by atoms with Crippen LogP contribution in [0, 0.1) is 0 Å². The van der Waals surface area contributed by atoms with Crippen LogP contribution < -0.4 is 0 Å². The molecular formula is C13H12N2OS. The molecule has 0 unspecified atom stereocenters. The van der Waals surface area contributed by atoms with Crippen LogP contribution in [0.5, 0.6) is 0 Å². The van der Waals surface area contributed by atoms with Gasteiger partial charge in [0.05, 0.1) is 11.2 Å². The maximum atomic E-state index is 10.7. The Kier molecular flexibility index (Phi) is 3.77. The lowest BCUT2D eigenvalue weighted by Crippen LogP contribution is -1.95. The molecule has 17 heavy (non-hydrogen) atoms. The Bertz CT molecular complexity index is 519. The molecule has 3 nitrogen and oxygen atoms in total. The van der Waals surface area contributed by atoms with Crippen molar-refractivity contribution in [3.05, 3.63) is 54.5 Å². The lowest BCUT2D eigenvalue weighted by molar-refractivity contribution is 0.111. The Morgan fingerprint density at radius 2 is 2.12 bits per heavy atom. The van der Waals surface area contributed by atoms with Crippen LogP contribution in [0.4, 0.5) is 0 Å². The van der Waals surface area contributed by atoms with E-state index in [4.69, 9.17) is 0 Å². The van der Waals surface area contributed by atoms with Gasteiger partial charge in [0.15, 0.2) is 12.1 Å². The average Bonchev–Trinajstić information content (AvgIpc) is 2.79. The predicted molar refractivity (Wildman–Crippen MR) is 70.0 cm³/mol. The molecular weight excluding hydrogens is 232 g/mol. The van der Waals surface area contributed by atoms with Gasteiger partial charge in [0.1, 0.15) is 0 Å². The summed E-state index contributed by atoms with van der Waals surface area (Å²) in [6.45, 7) is 3.68. The molecule has 86 valence electrons. The lowest BCUT2D eigenvalue weighted by Gasteiger charge is -2.03. The molecule has 1 heterocycles. The Morgan fingerprint density at radius 3 is 2.76 bits per heavy atom. The molecule has 4 heteroatoms. The molecule has 1 aromatic heterocycles. The smallest absolute Gasteiger partial charge is 0.185 e. The van der Waals surface area contributed by atoms with Gasteiger partial charge in [-0.25, -0.2) is 4.98 Å². The van der Waals surface area contributed by atoms with E-state index >= 15 is 0 Å². The maximum Gasteiger partial charge on any atom is 0.185 e. The molecule has 0 atom stereocenters. The summed E-state index contributed by atoms with van der Waals surface area (Å²) in [6.07, 6.45) is 4.03. The number of carbonyl (C=O) groups is 1. The summed E-state index contributed by atoms with van der Waals surface area (Å²) < 4.78 is 1.70. The summed E-state index contributed by atoms with van der Waals surface area (Å²) in [5.41, 5.74) is 1.24. The molecule has 0 radical (unpaired) electrons. The topological polar surface area (TPSA) is 34.9 Å². The Morgan fingerprint density at radius 1 is 1.35 bits per heavy atom. The summed E-state index contributed by atoms with van der Waals surface area (Å²) in [4.78, 5) is 14.8. The van der Waals surface area contributed by atoms with Gasteiger partial charge in [-0.15, -0.1) is 11.8 Å². The Balaban J connectivity index is 2.12. The van der Waals surface area contributed by atoms with Gasteiger partial charge in [-0.1, -0.05) is 36.9 Å². The number of rotatable bonds is 5. The Labute approximate surface area is 104 Å². The van der Waals surface area contributed by atoms with E-state index in [2.05, 4.69) is 23.7 Å². The normalized spacial score (nSPS) is 10.1. The van der Waals surface area contributed by atoms with Crippen LogP contribution in [0.25, 0.3) is 6.20 Å². The van der Waals surface area contributed by atoms with Crippen molar-refractivity contribution in [3.8, 4) is 0 Å². The van der Waals surface area contributed by atoms with Crippen molar-refractivity contribution < 1.29 is 4.79 Å². The zero-order chi connectivity index (χ0) is 12.1. The summed E-state index contributed by atoms with van der Waals surface area (Å²) in [7, 11) is 0. The average molecular weight is 244 g/mol. The van der Waals surface area contributed by atoms with E-state index < -0.39 is 0 Å². The van der Waals surface area contributed by atoms with E-state index in [1.54, 1.807) is 28.7 Å². The summed E-state index contributed by atoms with van der Waals surface area (Å²) in [6, 6.07) is 10.2. The molecule has 0 saturated carbocycles. The molecule has 0 aliphatic heterocycles. The number of hydrogen-bond acceptors (Lipinski definition) is 3. The largest absolute Gasteiger partial charge is 0.294 e. The van der Waals surface area contributed by atoms with E-state index in [9.17, 15) is 4.79 Å². The van der Waals surface area contributed by atoms with Crippen molar-refractivity contribution in [2.45, 2.75) is 10.8 Å². The molecule has 2 aromatic rings. The fraction of sp³-hybridized carbons (Fsp3) is 0.0769. The van der Waals surface area contributed by atoms with E-state index in [1.165, 1.54) is 5.56 Å². The first-order valence-electron chi connectivity index (χ1n) is 5.17. The Hall–Kier alpha value is -1.81. The van der Waals surface area contributed by atoms with Gasteiger partial charge in [-0.05, 0) is 5.56 Å². The highest BCUT2D eigenvalue weighted by Gasteiger charge is 2.07. The van der Waals surface area contributed by atoms with Crippen LogP contribution >= 0.6 is 11.8 Å². The molecule has 0 saturated heterocycles.